The zero-order valence-corrected chi connectivity index (χ0v) is 11.2. The van der Waals surface area contributed by atoms with Crippen molar-refractivity contribution in [3.63, 3.8) is 0 Å². The van der Waals surface area contributed by atoms with Crippen LogP contribution in [0.3, 0.4) is 0 Å². The summed E-state index contributed by atoms with van der Waals surface area (Å²) in [4.78, 5) is 12.7. The Balaban J connectivity index is 2.71. The Bertz CT molecular complexity index is 375. The Kier molecular flexibility index (Phi) is 5.65. The number of rotatable bonds is 7. The van der Waals surface area contributed by atoms with E-state index < -0.39 is 5.97 Å². The van der Waals surface area contributed by atoms with E-state index in [9.17, 15) is 4.79 Å². The highest BCUT2D eigenvalue weighted by atomic mass is 16.5. The number of carboxylic acid groups (broad SMARTS) is 1. The van der Waals surface area contributed by atoms with Crippen molar-refractivity contribution >= 4 is 5.97 Å². The van der Waals surface area contributed by atoms with Gasteiger partial charge < -0.3 is 9.84 Å². The Hall–Kier alpha value is -1.55. The molecule has 0 heterocycles. The van der Waals surface area contributed by atoms with Crippen molar-refractivity contribution < 1.29 is 14.6 Å². The van der Waals surface area contributed by atoms with Crippen molar-refractivity contribution in [2.24, 2.45) is 0 Å². The number of methoxy groups -OCH3 is 1. The molecule has 0 aliphatic heterocycles. The second-order valence-corrected chi connectivity index (χ2v) is 4.32. The molecule has 0 spiro atoms. The van der Waals surface area contributed by atoms with Crippen molar-refractivity contribution in [2.45, 2.75) is 25.8 Å². The lowest BCUT2D eigenvalue weighted by atomic mass is 10.0. The molecular weight excluding hydrogens is 230 g/mol. The predicted octanol–water partition coefficient (Wildman–Crippen LogP) is 2.55. The molecule has 4 heteroatoms. The van der Waals surface area contributed by atoms with Crippen molar-refractivity contribution in [3.8, 4) is 5.75 Å². The maximum Gasteiger partial charge on any atom is 0.304 e. The quantitative estimate of drug-likeness (QED) is 0.809. The molecular formula is C14H21NO3. The second-order valence-electron chi connectivity index (χ2n) is 4.32. The van der Waals surface area contributed by atoms with Crippen molar-refractivity contribution in [2.75, 3.05) is 20.7 Å². The van der Waals surface area contributed by atoms with Gasteiger partial charge in [0.2, 0.25) is 0 Å². The van der Waals surface area contributed by atoms with Crippen LogP contribution in [0.15, 0.2) is 24.3 Å². The normalized spacial score (nSPS) is 12.4. The number of carboxylic acids is 1. The minimum atomic E-state index is -0.758. The number of carbonyl (C=O) groups is 1. The molecule has 18 heavy (non-hydrogen) atoms. The van der Waals surface area contributed by atoms with Crippen LogP contribution in [-0.4, -0.2) is 36.7 Å². The average molecular weight is 251 g/mol. The van der Waals surface area contributed by atoms with Gasteiger partial charge in [-0.05, 0) is 31.2 Å². The van der Waals surface area contributed by atoms with Gasteiger partial charge in [0.05, 0.1) is 13.5 Å². The first kappa shape index (κ1) is 14.5. The van der Waals surface area contributed by atoms with Gasteiger partial charge in [-0.1, -0.05) is 19.1 Å². The van der Waals surface area contributed by atoms with Gasteiger partial charge >= 0.3 is 5.97 Å². The topological polar surface area (TPSA) is 49.8 Å². The molecule has 100 valence electrons. The predicted molar refractivity (Wildman–Crippen MR) is 70.9 cm³/mol. The third-order valence-corrected chi connectivity index (χ3v) is 3.10. The molecule has 0 aliphatic carbocycles. The van der Waals surface area contributed by atoms with Crippen LogP contribution in [0.25, 0.3) is 0 Å². The standard InChI is InChI=1S/C14H21NO3/c1-4-13(15(2)10-9-14(16)17)11-5-7-12(18-3)8-6-11/h5-8,13H,4,9-10H2,1-3H3,(H,16,17). The maximum atomic E-state index is 10.6. The second kappa shape index (κ2) is 7.01. The van der Waals surface area contributed by atoms with Crippen molar-refractivity contribution in [3.05, 3.63) is 29.8 Å². The Labute approximate surface area is 108 Å². The summed E-state index contributed by atoms with van der Waals surface area (Å²) in [5.41, 5.74) is 1.19. The molecule has 0 aliphatic rings. The van der Waals surface area contributed by atoms with Crippen LogP contribution in [0.2, 0.25) is 0 Å². The molecule has 4 nitrogen and oxygen atoms in total. The molecule has 0 bridgehead atoms. The van der Waals surface area contributed by atoms with Gasteiger partial charge in [-0.3, -0.25) is 9.69 Å². The summed E-state index contributed by atoms with van der Waals surface area (Å²) >= 11 is 0. The number of aliphatic carboxylic acids is 1. The van der Waals surface area contributed by atoms with Crippen molar-refractivity contribution in [1.29, 1.82) is 0 Å². The Morgan fingerprint density at radius 2 is 2.00 bits per heavy atom. The van der Waals surface area contributed by atoms with E-state index >= 15 is 0 Å². The average Bonchev–Trinajstić information content (AvgIpc) is 2.38. The maximum absolute atomic E-state index is 10.6. The molecule has 1 rings (SSSR count). The molecule has 0 aromatic heterocycles. The third kappa shape index (κ3) is 4.04. The highest BCUT2D eigenvalue weighted by Crippen LogP contribution is 2.24. The summed E-state index contributed by atoms with van der Waals surface area (Å²) in [6.45, 7) is 2.66. The van der Waals surface area contributed by atoms with Crippen LogP contribution in [0.4, 0.5) is 0 Å². The van der Waals surface area contributed by atoms with Crippen LogP contribution in [0.5, 0.6) is 5.75 Å². The monoisotopic (exact) mass is 251 g/mol. The van der Waals surface area contributed by atoms with Crippen molar-refractivity contribution in [1.82, 2.24) is 4.90 Å². The summed E-state index contributed by atoms with van der Waals surface area (Å²) in [6.07, 6.45) is 1.12. The van der Waals surface area contributed by atoms with E-state index in [1.165, 1.54) is 5.56 Å². The van der Waals surface area contributed by atoms with E-state index in [0.717, 1.165) is 12.2 Å². The molecule has 1 N–H and O–H groups in total. The first-order valence-corrected chi connectivity index (χ1v) is 6.14. The van der Waals surface area contributed by atoms with E-state index in [0.29, 0.717) is 6.54 Å². The highest BCUT2D eigenvalue weighted by molar-refractivity contribution is 5.66. The van der Waals surface area contributed by atoms with E-state index in [4.69, 9.17) is 9.84 Å². The van der Waals surface area contributed by atoms with Gasteiger partial charge in [-0.2, -0.15) is 0 Å². The van der Waals surface area contributed by atoms with E-state index in [1.807, 2.05) is 31.3 Å². The Morgan fingerprint density at radius 1 is 1.39 bits per heavy atom. The molecule has 0 saturated carbocycles. The third-order valence-electron chi connectivity index (χ3n) is 3.10. The zero-order valence-electron chi connectivity index (χ0n) is 11.2. The van der Waals surface area contributed by atoms with E-state index in [1.54, 1.807) is 7.11 Å². The molecule has 0 radical (unpaired) electrons. The SMILES string of the molecule is CCC(c1ccc(OC)cc1)N(C)CCC(=O)O. The lowest BCUT2D eigenvalue weighted by Crippen LogP contribution is -2.26. The highest BCUT2D eigenvalue weighted by Gasteiger charge is 2.15. The summed E-state index contributed by atoms with van der Waals surface area (Å²) in [6, 6.07) is 8.18. The van der Waals surface area contributed by atoms with Gasteiger partial charge in [0, 0.05) is 12.6 Å². The number of nitrogens with zero attached hydrogens (tertiary/aromatic N) is 1. The fraction of sp³-hybridized carbons (Fsp3) is 0.500. The fourth-order valence-electron chi connectivity index (χ4n) is 2.06. The lowest BCUT2D eigenvalue weighted by Gasteiger charge is -2.27. The molecule has 0 saturated heterocycles. The number of benzene rings is 1. The lowest BCUT2D eigenvalue weighted by molar-refractivity contribution is -0.137. The number of hydrogen-bond donors (Lipinski definition) is 1. The number of hydrogen-bond acceptors (Lipinski definition) is 3. The van der Waals surface area contributed by atoms with Crippen LogP contribution in [0, 0.1) is 0 Å². The minimum absolute atomic E-state index is 0.170. The summed E-state index contributed by atoms with van der Waals surface area (Å²) in [5.74, 6) is 0.0771. The van der Waals surface area contributed by atoms with Gasteiger partial charge in [0.25, 0.3) is 0 Å². The zero-order chi connectivity index (χ0) is 13.5. The molecule has 1 atom stereocenters. The minimum Gasteiger partial charge on any atom is -0.497 e. The molecule has 0 amide bonds. The summed E-state index contributed by atoms with van der Waals surface area (Å²) in [7, 11) is 3.60. The summed E-state index contributed by atoms with van der Waals surface area (Å²) < 4.78 is 5.13. The fourth-order valence-corrected chi connectivity index (χ4v) is 2.06. The summed E-state index contributed by atoms with van der Waals surface area (Å²) in [5, 5.41) is 8.71. The first-order valence-electron chi connectivity index (χ1n) is 6.14. The van der Waals surface area contributed by atoms with Crippen LogP contribution in [0.1, 0.15) is 31.4 Å². The molecule has 1 aromatic rings. The largest absolute Gasteiger partial charge is 0.497 e. The van der Waals surface area contributed by atoms with Crippen LogP contribution < -0.4 is 4.74 Å². The number of ether oxygens (including phenoxy) is 1. The smallest absolute Gasteiger partial charge is 0.304 e. The van der Waals surface area contributed by atoms with Gasteiger partial charge in [0.1, 0.15) is 5.75 Å². The van der Waals surface area contributed by atoms with Gasteiger partial charge in [0.15, 0.2) is 0 Å². The molecule has 1 unspecified atom stereocenters. The Morgan fingerprint density at radius 3 is 2.44 bits per heavy atom. The molecule has 1 aromatic carbocycles. The van der Waals surface area contributed by atoms with E-state index in [-0.39, 0.29) is 12.5 Å². The van der Waals surface area contributed by atoms with Crippen LogP contribution >= 0.6 is 0 Å². The van der Waals surface area contributed by atoms with E-state index in [2.05, 4.69) is 11.8 Å². The van der Waals surface area contributed by atoms with Gasteiger partial charge in [-0.15, -0.1) is 0 Å². The van der Waals surface area contributed by atoms with Gasteiger partial charge in [-0.25, -0.2) is 0 Å². The molecule has 0 fully saturated rings. The first-order chi connectivity index (χ1) is 8.58. The van der Waals surface area contributed by atoms with Crippen LogP contribution in [-0.2, 0) is 4.79 Å².